The summed E-state index contributed by atoms with van der Waals surface area (Å²) in [5, 5.41) is 1.08. The molecule has 7 rings (SSSR count). The first-order valence-corrected chi connectivity index (χ1v) is 14.7. The van der Waals surface area contributed by atoms with E-state index in [1.54, 1.807) is 43.1 Å². The van der Waals surface area contributed by atoms with Gasteiger partial charge in [-0.1, -0.05) is 12.1 Å². The Bertz CT molecular complexity index is 1940. The molecule has 5 aromatic rings. The van der Waals surface area contributed by atoms with Gasteiger partial charge in [0.05, 0.1) is 24.9 Å². The molecule has 1 saturated heterocycles. The molecule has 0 radical (unpaired) electrons. The number of carbonyl (C=O) groups is 1. The summed E-state index contributed by atoms with van der Waals surface area (Å²) in [5.74, 6) is 1.61. The summed E-state index contributed by atoms with van der Waals surface area (Å²) >= 11 is 0. The van der Waals surface area contributed by atoms with Crippen molar-refractivity contribution in [3.8, 4) is 28.4 Å². The van der Waals surface area contributed by atoms with E-state index in [0.717, 1.165) is 45.6 Å². The van der Waals surface area contributed by atoms with Gasteiger partial charge in [0.1, 0.15) is 17.4 Å². The second kappa shape index (κ2) is 10.4. The number of carbonyl (C=O) groups excluding carboxylic acids is 1. The van der Waals surface area contributed by atoms with E-state index >= 15 is 0 Å². The molecule has 2 atom stereocenters. The van der Waals surface area contributed by atoms with Gasteiger partial charge in [-0.25, -0.2) is 9.37 Å². The average molecular weight is 583 g/mol. The summed E-state index contributed by atoms with van der Waals surface area (Å²) in [4.78, 5) is 32.3. The fourth-order valence-corrected chi connectivity index (χ4v) is 6.34. The van der Waals surface area contributed by atoms with Crippen LogP contribution < -0.4 is 16.0 Å². The number of hydrogen-bond donors (Lipinski definition) is 1. The van der Waals surface area contributed by atoms with Crippen LogP contribution in [0.1, 0.15) is 29.6 Å². The summed E-state index contributed by atoms with van der Waals surface area (Å²) < 4.78 is 25.9. The molecule has 222 valence electrons. The Morgan fingerprint density at radius 1 is 1.07 bits per heavy atom. The highest BCUT2D eigenvalue weighted by Gasteiger charge is 2.30. The summed E-state index contributed by atoms with van der Waals surface area (Å²) in [7, 11) is 5.28. The minimum Gasteiger partial charge on any atom is -0.494 e. The van der Waals surface area contributed by atoms with Crippen molar-refractivity contribution in [3.63, 3.8) is 0 Å². The van der Waals surface area contributed by atoms with E-state index < -0.39 is 6.17 Å². The van der Waals surface area contributed by atoms with Gasteiger partial charge in [0.25, 0.3) is 11.5 Å². The van der Waals surface area contributed by atoms with Gasteiger partial charge in [-0.2, -0.15) is 0 Å². The van der Waals surface area contributed by atoms with Gasteiger partial charge >= 0.3 is 0 Å². The van der Waals surface area contributed by atoms with Gasteiger partial charge in [-0.05, 0) is 66.6 Å². The normalized spacial score (nSPS) is 19.0. The summed E-state index contributed by atoms with van der Waals surface area (Å²) in [6.07, 6.45) is 3.29. The van der Waals surface area contributed by atoms with E-state index in [1.165, 1.54) is 17.7 Å². The predicted molar refractivity (Wildman–Crippen MR) is 165 cm³/mol. The highest BCUT2D eigenvalue weighted by Crippen LogP contribution is 2.39. The van der Waals surface area contributed by atoms with E-state index in [-0.39, 0.29) is 30.5 Å². The van der Waals surface area contributed by atoms with Crippen molar-refractivity contribution in [2.75, 3.05) is 20.2 Å². The first-order chi connectivity index (χ1) is 20.7. The molecule has 0 bridgehead atoms. The minimum atomic E-state index is -1.14. The van der Waals surface area contributed by atoms with Crippen LogP contribution in [0.15, 0.2) is 59.5 Å². The molecular formula is C33H35FN6O3. The second-order valence-corrected chi connectivity index (χ2v) is 12.1. The van der Waals surface area contributed by atoms with Crippen LogP contribution in [0.2, 0.25) is 0 Å². The molecule has 0 unspecified atom stereocenters. The molecule has 43 heavy (non-hydrogen) atoms. The lowest BCUT2D eigenvalue weighted by Crippen LogP contribution is -2.50. The molecule has 4 heterocycles. The Hall–Kier alpha value is -4.44. The maximum atomic E-state index is 14.2. The largest absolute Gasteiger partial charge is 0.494 e. The SMILES string of the molecule is COc1cc(C(=O)N2C[C@H](N)C[C@@H](F)C2)cc2nc(-c3cc4ccc(-c5ccn(C)c(=O)c5)cc4n3CC3CC3)n(C)c12. The maximum Gasteiger partial charge on any atom is 0.254 e. The standard InChI is InChI=1S/C33H35FN6O3/c1-37-9-8-21(14-30(37)41)20-6-7-22-12-28(40(27(22)11-20)16-19-4-5-19)32-36-26-10-23(13-29(43-3)31(26)38(32)2)33(42)39-17-24(34)15-25(35)18-39/h6-14,19,24-25H,4-5,15-18,35H2,1-3H3/t24-,25-/m1/s1. The van der Waals surface area contributed by atoms with E-state index in [2.05, 4.69) is 22.8 Å². The Morgan fingerprint density at radius 3 is 2.58 bits per heavy atom. The van der Waals surface area contributed by atoms with Crippen molar-refractivity contribution in [2.45, 2.75) is 38.0 Å². The van der Waals surface area contributed by atoms with Crippen molar-refractivity contribution >= 4 is 27.8 Å². The van der Waals surface area contributed by atoms with Gasteiger partial charge < -0.3 is 29.1 Å². The first kappa shape index (κ1) is 27.4. The number of aryl methyl sites for hydroxylation is 2. The molecular weight excluding hydrogens is 547 g/mol. The van der Waals surface area contributed by atoms with Crippen LogP contribution in [0, 0.1) is 5.92 Å². The van der Waals surface area contributed by atoms with Crippen LogP contribution in [-0.2, 0) is 20.6 Å². The number of piperidine rings is 1. The first-order valence-electron chi connectivity index (χ1n) is 14.7. The number of aromatic nitrogens is 4. The van der Waals surface area contributed by atoms with Crippen molar-refractivity contribution in [2.24, 2.45) is 25.7 Å². The van der Waals surface area contributed by atoms with Crippen LogP contribution >= 0.6 is 0 Å². The third kappa shape index (κ3) is 4.89. The quantitative estimate of drug-likeness (QED) is 0.318. The number of amides is 1. The number of benzene rings is 2. The third-order valence-electron chi connectivity index (χ3n) is 8.83. The molecule has 1 saturated carbocycles. The van der Waals surface area contributed by atoms with Gasteiger partial charge in [0, 0.05) is 62.0 Å². The van der Waals surface area contributed by atoms with Gasteiger partial charge in [-0.3, -0.25) is 9.59 Å². The van der Waals surface area contributed by atoms with Crippen LogP contribution in [0.4, 0.5) is 4.39 Å². The molecule has 2 fully saturated rings. The number of halogens is 1. The average Bonchev–Trinajstić information content (AvgIpc) is 3.66. The Labute approximate surface area is 248 Å². The Morgan fingerprint density at radius 2 is 1.86 bits per heavy atom. The zero-order valence-corrected chi connectivity index (χ0v) is 24.6. The lowest BCUT2D eigenvalue weighted by atomic mass is 10.0. The number of methoxy groups -OCH3 is 1. The molecule has 1 aliphatic carbocycles. The Balaban J connectivity index is 1.34. The van der Waals surface area contributed by atoms with Crippen LogP contribution in [0.3, 0.4) is 0 Å². The van der Waals surface area contributed by atoms with Gasteiger partial charge in [-0.15, -0.1) is 0 Å². The zero-order chi connectivity index (χ0) is 30.0. The van der Waals surface area contributed by atoms with Crippen LogP contribution in [-0.4, -0.2) is 61.9 Å². The number of ether oxygens (including phenoxy) is 1. The van der Waals surface area contributed by atoms with E-state index in [0.29, 0.717) is 29.3 Å². The maximum absolute atomic E-state index is 14.2. The van der Waals surface area contributed by atoms with Crippen molar-refractivity contribution in [3.05, 3.63) is 70.6 Å². The third-order valence-corrected chi connectivity index (χ3v) is 8.83. The molecule has 2 aromatic carbocycles. The lowest BCUT2D eigenvalue weighted by molar-refractivity contribution is 0.0606. The number of nitrogens with two attached hydrogens (primary N) is 1. The topological polar surface area (TPSA) is 100 Å². The number of alkyl halides is 1. The van der Waals surface area contributed by atoms with Gasteiger partial charge in [0.2, 0.25) is 0 Å². The highest BCUT2D eigenvalue weighted by atomic mass is 19.1. The van der Waals surface area contributed by atoms with E-state index in [9.17, 15) is 14.0 Å². The number of fused-ring (bicyclic) bond motifs is 2. The molecule has 10 heteroatoms. The van der Waals surface area contributed by atoms with Gasteiger partial charge in [0.15, 0.2) is 5.82 Å². The molecule has 0 spiro atoms. The van der Waals surface area contributed by atoms with Crippen LogP contribution in [0.25, 0.3) is 44.6 Å². The number of hydrogen-bond acceptors (Lipinski definition) is 5. The number of pyridine rings is 1. The van der Waals surface area contributed by atoms with Crippen molar-refractivity contribution in [1.82, 2.24) is 23.6 Å². The molecule has 1 aliphatic heterocycles. The lowest BCUT2D eigenvalue weighted by Gasteiger charge is -2.33. The molecule has 1 amide bonds. The van der Waals surface area contributed by atoms with Crippen molar-refractivity contribution in [1.29, 1.82) is 0 Å². The van der Waals surface area contributed by atoms with Crippen molar-refractivity contribution < 1.29 is 13.9 Å². The predicted octanol–water partition coefficient (Wildman–Crippen LogP) is 4.49. The molecule has 2 aliphatic rings. The molecule has 2 N–H and O–H groups in total. The van der Waals surface area contributed by atoms with E-state index in [1.807, 2.05) is 23.7 Å². The minimum absolute atomic E-state index is 0.0289. The molecule has 9 nitrogen and oxygen atoms in total. The number of likely N-dealkylation sites (tertiary alicyclic amines) is 1. The van der Waals surface area contributed by atoms with Crippen LogP contribution in [0.5, 0.6) is 5.75 Å². The highest BCUT2D eigenvalue weighted by molar-refractivity contribution is 6.00. The Kier molecular flexibility index (Phi) is 6.61. The monoisotopic (exact) mass is 582 g/mol. The smallest absolute Gasteiger partial charge is 0.254 e. The number of imidazole rings is 1. The van der Waals surface area contributed by atoms with E-state index in [4.69, 9.17) is 15.5 Å². The summed E-state index contributed by atoms with van der Waals surface area (Å²) in [5.41, 5.74) is 11.7. The number of nitrogens with zero attached hydrogens (tertiary/aromatic N) is 5. The fourth-order valence-electron chi connectivity index (χ4n) is 6.34. The molecule has 3 aromatic heterocycles. The fraction of sp³-hybridized carbons (Fsp3) is 0.364. The zero-order valence-electron chi connectivity index (χ0n) is 24.6. The number of rotatable bonds is 6. The summed E-state index contributed by atoms with van der Waals surface area (Å²) in [6.45, 7) is 1.21. The summed E-state index contributed by atoms with van der Waals surface area (Å²) in [6, 6.07) is 15.2. The second-order valence-electron chi connectivity index (χ2n) is 12.1.